The van der Waals surface area contributed by atoms with E-state index in [-0.39, 0.29) is 23.9 Å². The molecule has 0 radical (unpaired) electrons. The van der Waals surface area contributed by atoms with Crippen molar-refractivity contribution < 1.29 is 9.59 Å². The number of ketones is 2. The maximum atomic E-state index is 11.2. The van der Waals surface area contributed by atoms with Gasteiger partial charge >= 0.3 is 0 Å². The molecule has 0 amide bonds. The molecule has 0 bridgehead atoms. The van der Waals surface area contributed by atoms with E-state index in [9.17, 15) is 9.59 Å². The summed E-state index contributed by atoms with van der Waals surface area (Å²) in [6, 6.07) is 0. The Kier molecular flexibility index (Phi) is 5.28. The smallest absolute Gasteiger partial charge is 0.162 e. The predicted molar refractivity (Wildman–Crippen MR) is 53.4 cm³/mol. The van der Waals surface area contributed by atoms with Crippen LogP contribution in [-0.2, 0) is 9.59 Å². The van der Waals surface area contributed by atoms with Crippen molar-refractivity contribution in [2.45, 2.75) is 34.1 Å². The van der Waals surface area contributed by atoms with Crippen molar-refractivity contribution >= 4 is 11.6 Å². The fourth-order valence-electron chi connectivity index (χ4n) is 0.735. The third kappa shape index (κ3) is 6.26. The average Bonchev–Trinajstić information content (AvgIpc) is 2.00. The Morgan fingerprint density at radius 2 is 1.69 bits per heavy atom. The predicted octanol–water partition coefficient (Wildman–Crippen LogP) is 2.38. The molecule has 0 atom stereocenters. The first-order chi connectivity index (χ1) is 5.93. The normalized spacial score (nSPS) is 11.5. The number of rotatable bonds is 5. The summed E-state index contributed by atoms with van der Waals surface area (Å²) in [6.45, 7) is 7.60. The second-order valence-electron chi connectivity index (χ2n) is 3.87. The molecule has 0 saturated carbocycles. The minimum absolute atomic E-state index is 0.0124. The summed E-state index contributed by atoms with van der Waals surface area (Å²) in [5, 5.41) is 0. The van der Waals surface area contributed by atoms with E-state index >= 15 is 0 Å². The summed E-state index contributed by atoms with van der Waals surface area (Å²) in [6.07, 6.45) is 3.36. The first-order valence-corrected chi connectivity index (χ1v) is 4.67. The highest BCUT2D eigenvalue weighted by atomic mass is 16.1. The van der Waals surface area contributed by atoms with Gasteiger partial charge in [0.2, 0.25) is 0 Å². The largest absolute Gasteiger partial charge is 0.299 e. The molecule has 2 heteroatoms. The summed E-state index contributed by atoms with van der Waals surface area (Å²) in [7, 11) is 0. The first-order valence-electron chi connectivity index (χ1n) is 4.67. The number of Topliss-reactive ketones (excluding diaryl/α,β-unsaturated/α-hetero) is 1. The van der Waals surface area contributed by atoms with Crippen LogP contribution in [0.25, 0.3) is 0 Å². The molecular weight excluding hydrogens is 164 g/mol. The fraction of sp³-hybridized carbons (Fsp3) is 0.636. The number of allylic oxidation sites excluding steroid dienone is 2. The molecule has 0 aliphatic carbocycles. The van der Waals surface area contributed by atoms with Crippen LogP contribution in [0.5, 0.6) is 0 Å². The van der Waals surface area contributed by atoms with Crippen molar-refractivity contribution in [1.82, 2.24) is 0 Å². The minimum atomic E-state index is -0.0904. The summed E-state index contributed by atoms with van der Waals surface area (Å²) in [5.41, 5.74) is 0. The molecule has 0 aromatic carbocycles. The first kappa shape index (κ1) is 12.1. The molecule has 0 aliphatic heterocycles. The molecule has 0 aromatic heterocycles. The zero-order chi connectivity index (χ0) is 10.4. The highest BCUT2D eigenvalue weighted by molar-refractivity contribution is 6.04. The van der Waals surface area contributed by atoms with Gasteiger partial charge in [0.15, 0.2) is 5.78 Å². The van der Waals surface area contributed by atoms with Gasteiger partial charge in [-0.25, -0.2) is 0 Å². The molecule has 13 heavy (non-hydrogen) atoms. The summed E-state index contributed by atoms with van der Waals surface area (Å²) < 4.78 is 0. The van der Waals surface area contributed by atoms with Gasteiger partial charge in [-0.3, -0.25) is 9.59 Å². The third-order valence-electron chi connectivity index (χ3n) is 1.66. The van der Waals surface area contributed by atoms with E-state index < -0.39 is 0 Å². The van der Waals surface area contributed by atoms with E-state index in [2.05, 4.69) is 0 Å². The Morgan fingerprint density at radius 3 is 2.08 bits per heavy atom. The zero-order valence-electron chi connectivity index (χ0n) is 8.83. The Labute approximate surface area is 80.0 Å². The van der Waals surface area contributed by atoms with E-state index in [0.29, 0.717) is 5.92 Å². The van der Waals surface area contributed by atoms with E-state index in [1.165, 1.54) is 6.08 Å². The molecule has 0 aliphatic rings. The standard InChI is InChI=1S/C11H18O2/c1-8(2)5-6-10(12)7-11(13)9(3)4/h5-6,8-9H,7H2,1-4H3/b6-5+. The maximum Gasteiger partial charge on any atom is 0.162 e. The second-order valence-corrected chi connectivity index (χ2v) is 3.87. The van der Waals surface area contributed by atoms with Gasteiger partial charge in [-0.2, -0.15) is 0 Å². The number of hydrogen-bond donors (Lipinski definition) is 0. The molecule has 0 N–H and O–H groups in total. The summed E-state index contributed by atoms with van der Waals surface area (Å²) >= 11 is 0. The van der Waals surface area contributed by atoms with Gasteiger partial charge in [-0.1, -0.05) is 33.8 Å². The number of carbonyl (C=O) groups excluding carboxylic acids is 2. The van der Waals surface area contributed by atoms with Crippen LogP contribution in [0.1, 0.15) is 34.1 Å². The van der Waals surface area contributed by atoms with E-state index in [0.717, 1.165) is 0 Å². The average molecular weight is 182 g/mol. The lowest BCUT2D eigenvalue weighted by Gasteiger charge is -2.00. The number of hydrogen-bond acceptors (Lipinski definition) is 2. The molecule has 0 heterocycles. The Morgan fingerprint density at radius 1 is 1.15 bits per heavy atom. The molecule has 2 nitrogen and oxygen atoms in total. The van der Waals surface area contributed by atoms with Crippen LogP contribution in [0.15, 0.2) is 12.2 Å². The van der Waals surface area contributed by atoms with E-state index in [1.807, 2.05) is 33.8 Å². The van der Waals surface area contributed by atoms with Gasteiger partial charge in [0.25, 0.3) is 0 Å². The van der Waals surface area contributed by atoms with Gasteiger partial charge in [0.1, 0.15) is 5.78 Å². The highest BCUT2D eigenvalue weighted by Gasteiger charge is 2.10. The van der Waals surface area contributed by atoms with Gasteiger partial charge in [-0.15, -0.1) is 0 Å². The quantitative estimate of drug-likeness (QED) is 0.483. The molecule has 0 saturated heterocycles. The van der Waals surface area contributed by atoms with Crippen LogP contribution in [0.3, 0.4) is 0 Å². The van der Waals surface area contributed by atoms with Crippen molar-refractivity contribution in [3.63, 3.8) is 0 Å². The molecular formula is C11H18O2. The van der Waals surface area contributed by atoms with Crippen molar-refractivity contribution in [3.8, 4) is 0 Å². The van der Waals surface area contributed by atoms with Gasteiger partial charge in [0, 0.05) is 5.92 Å². The highest BCUT2D eigenvalue weighted by Crippen LogP contribution is 2.01. The lowest BCUT2D eigenvalue weighted by Crippen LogP contribution is -2.11. The lowest BCUT2D eigenvalue weighted by atomic mass is 10.0. The zero-order valence-corrected chi connectivity index (χ0v) is 8.83. The summed E-state index contributed by atoms with van der Waals surface area (Å²) in [4.78, 5) is 22.3. The third-order valence-corrected chi connectivity index (χ3v) is 1.66. The monoisotopic (exact) mass is 182 g/mol. The van der Waals surface area contributed by atoms with Crippen LogP contribution in [0, 0.1) is 11.8 Å². The maximum absolute atomic E-state index is 11.2. The Hall–Kier alpha value is -0.920. The SMILES string of the molecule is CC(C)/C=C/C(=O)CC(=O)C(C)C. The molecule has 0 unspecified atom stereocenters. The molecule has 0 fully saturated rings. The fourth-order valence-corrected chi connectivity index (χ4v) is 0.735. The van der Waals surface area contributed by atoms with E-state index in [1.54, 1.807) is 0 Å². The van der Waals surface area contributed by atoms with Crippen molar-refractivity contribution in [3.05, 3.63) is 12.2 Å². The number of carbonyl (C=O) groups is 2. The van der Waals surface area contributed by atoms with Gasteiger partial charge in [0.05, 0.1) is 6.42 Å². The minimum Gasteiger partial charge on any atom is -0.299 e. The van der Waals surface area contributed by atoms with Crippen molar-refractivity contribution in [2.75, 3.05) is 0 Å². The molecule has 0 aromatic rings. The van der Waals surface area contributed by atoms with Gasteiger partial charge in [-0.05, 0) is 12.0 Å². The molecule has 74 valence electrons. The van der Waals surface area contributed by atoms with Crippen LogP contribution in [0.2, 0.25) is 0 Å². The van der Waals surface area contributed by atoms with Crippen LogP contribution >= 0.6 is 0 Å². The van der Waals surface area contributed by atoms with Crippen molar-refractivity contribution in [2.24, 2.45) is 11.8 Å². The Balaban J connectivity index is 3.95. The van der Waals surface area contributed by atoms with Crippen LogP contribution in [-0.4, -0.2) is 11.6 Å². The lowest BCUT2D eigenvalue weighted by molar-refractivity contribution is -0.126. The van der Waals surface area contributed by atoms with Crippen LogP contribution < -0.4 is 0 Å². The topological polar surface area (TPSA) is 34.1 Å². The van der Waals surface area contributed by atoms with Crippen molar-refractivity contribution in [1.29, 1.82) is 0 Å². The van der Waals surface area contributed by atoms with E-state index in [4.69, 9.17) is 0 Å². The Bertz CT molecular complexity index is 212. The second kappa shape index (κ2) is 5.68. The van der Waals surface area contributed by atoms with Gasteiger partial charge < -0.3 is 0 Å². The van der Waals surface area contributed by atoms with Crippen LogP contribution in [0.4, 0.5) is 0 Å². The summed E-state index contributed by atoms with van der Waals surface area (Å²) in [5.74, 6) is 0.236. The molecule has 0 rings (SSSR count). The molecule has 0 spiro atoms.